The zero-order valence-corrected chi connectivity index (χ0v) is 10.0. The Bertz CT molecular complexity index is 589. The van der Waals surface area contributed by atoms with Crippen molar-refractivity contribution in [2.75, 3.05) is 6.54 Å². The van der Waals surface area contributed by atoms with Gasteiger partial charge in [-0.3, -0.25) is 0 Å². The first-order valence-corrected chi connectivity index (χ1v) is 6.08. The monoisotopic (exact) mass is 268 g/mol. The molecule has 3 rings (SSSR count). The van der Waals surface area contributed by atoms with Gasteiger partial charge in [-0.2, -0.15) is 13.2 Å². The lowest BCUT2D eigenvalue weighted by molar-refractivity contribution is -0.690. The predicted molar refractivity (Wildman–Crippen MR) is 62.4 cm³/mol. The second-order valence-electron chi connectivity index (χ2n) is 4.64. The van der Waals surface area contributed by atoms with Gasteiger partial charge in [0.25, 0.3) is 0 Å². The van der Waals surface area contributed by atoms with Crippen LogP contribution in [0.2, 0.25) is 0 Å². The normalized spacial score (nSPS) is 19.2. The third-order valence-corrected chi connectivity index (χ3v) is 3.42. The molecule has 1 aromatic heterocycles. The second-order valence-corrected chi connectivity index (χ2v) is 4.64. The Morgan fingerprint density at radius 1 is 1.32 bits per heavy atom. The quantitative estimate of drug-likeness (QED) is 0.811. The Morgan fingerprint density at radius 3 is 2.95 bits per heavy atom. The van der Waals surface area contributed by atoms with Crippen molar-refractivity contribution in [3.63, 3.8) is 0 Å². The molecule has 0 saturated carbocycles. The van der Waals surface area contributed by atoms with E-state index in [2.05, 4.69) is 9.97 Å². The number of aromatic nitrogens is 2. The van der Waals surface area contributed by atoms with Gasteiger partial charge in [-0.05, 0) is 12.1 Å². The van der Waals surface area contributed by atoms with Crippen molar-refractivity contribution in [2.45, 2.75) is 18.6 Å². The van der Waals surface area contributed by atoms with Crippen molar-refractivity contribution in [1.29, 1.82) is 0 Å². The van der Waals surface area contributed by atoms with Gasteiger partial charge in [0.1, 0.15) is 5.69 Å². The summed E-state index contributed by atoms with van der Waals surface area (Å²) in [6.45, 7) is 0.843. The van der Waals surface area contributed by atoms with Crippen LogP contribution in [-0.2, 0) is 12.6 Å². The van der Waals surface area contributed by atoms with Crippen LogP contribution in [0.1, 0.15) is 28.6 Å². The smallest absolute Gasteiger partial charge is 0.348 e. The molecule has 3 nitrogen and oxygen atoms in total. The van der Waals surface area contributed by atoms with Gasteiger partial charge in [0.15, 0.2) is 6.04 Å². The van der Waals surface area contributed by atoms with E-state index < -0.39 is 11.7 Å². The third kappa shape index (κ3) is 2.23. The molecule has 0 aliphatic carbocycles. The molecule has 0 spiro atoms. The van der Waals surface area contributed by atoms with Crippen LogP contribution >= 0.6 is 0 Å². The molecule has 0 saturated heterocycles. The lowest BCUT2D eigenvalue weighted by atomic mass is 9.96. The van der Waals surface area contributed by atoms with Crippen LogP contribution in [0.15, 0.2) is 30.6 Å². The van der Waals surface area contributed by atoms with Gasteiger partial charge in [-0.15, -0.1) is 0 Å². The Balaban J connectivity index is 2.01. The summed E-state index contributed by atoms with van der Waals surface area (Å²) in [7, 11) is 0. The molecule has 19 heavy (non-hydrogen) atoms. The van der Waals surface area contributed by atoms with Gasteiger partial charge >= 0.3 is 6.18 Å². The van der Waals surface area contributed by atoms with Crippen LogP contribution in [0.4, 0.5) is 13.2 Å². The van der Waals surface area contributed by atoms with Crippen molar-refractivity contribution in [2.24, 2.45) is 0 Å². The molecule has 1 atom stereocenters. The summed E-state index contributed by atoms with van der Waals surface area (Å²) in [5.41, 5.74) is 1.89. The largest absolute Gasteiger partial charge is 0.416 e. The van der Waals surface area contributed by atoms with Crippen LogP contribution in [0.3, 0.4) is 0 Å². The number of quaternary nitrogens is 1. The highest BCUT2D eigenvalue weighted by Crippen LogP contribution is 2.31. The highest BCUT2D eigenvalue weighted by atomic mass is 19.4. The summed E-state index contributed by atoms with van der Waals surface area (Å²) in [5.74, 6) is 0. The molecule has 100 valence electrons. The van der Waals surface area contributed by atoms with Crippen molar-refractivity contribution < 1.29 is 18.5 Å². The highest BCUT2D eigenvalue weighted by molar-refractivity contribution is 5.33. The number of fused-ring (bicyclic) bond motifs is 1. The standard InChI is InChI=1S/C13H12F3N3/c14-13(15,16)9-3-1-2-8(6-9)11-12-10(4-5-17-11)18-7-19-12/h1-3,6-7,11,17H,4-5H2,(H,18,19)/p+1/t11-/m0/s1. The zero-order chi connectivity index (χ0) is 13.5. The molecule has 2 aromatic rings. The number of halogens is 3. The first-order chi connectivity index (χ1) is 9.05. The van der Waals surface area contributed by atoms with Crippen molar-refractivity contribution >= 4 is 0 Å². The minimum absolute atomic E-state index is 0.155. The molecule has 1 aromatic carbocycles. The van der Waals surface area contributed by atoms with Crippen LogP contribution < -0.4 is 5.32 Å². The zero-order valence-electron chi connectivity index (χ0n) is 10.0. The highest BCUT2D eigenvalue weighted by Gasteiger charge is 2.33. The van der Waals surface area contributed by atoms with E-state index in [4.69, 9.17) is 0 Å². The molecular weight excluding hydrogens is 255 g/mol. The predicted octanol–water partition coefficient (Wildman–Crippen LogP) is 1.64. The number of nitrogens with zero attached hydrogens (tertiary/aromatic N) is 1. The van der Waals surface area contributed by atoms with Gasteiger partial charge in [0.2, 0.25) is 0 Å². The molecule has 6 heteroatoms. The van der Waals surface area contributed by atoms with E-state index in [1.165, 1.54) is 12.1 Å². The molecule has 2 heterocycles. The van der Waals surface area contributed by atoms with E-state index in [0.29, 0.717) is 5.56 Å². The Hall–Kier alpha value is -1.82. The summed E-state index contributed by atoms with van der Waals surface area (Å²) >= 11 is 0. The molecule has 1 aliphatic rings. The number of benzene rings is 1. The summed E-state index contributed by atoms with van der Waals surface area (Å²) in [5, 5.41) is 2.03. The van der Waals surface area contributed by atoms with Gasteiger partial charge in [-0.25, -0.2) is 4.98 Å². The fourth-order valence-electron chi connectivity index (χ4n) is 2.51. The van der Waals surface area contributed by atoms with Crippen LogP contribution in [0.5, 0.6) is 0 Å². The molecule has 0 fully saturated rings. The summed E-state index contributed by atoms with van der Waals surface area (Å²) in [4.78, 5) is 7.29. The number of rotatable bonds is 1. The number of nitrogens with two attached hydrogens (primary N) is 1. The molecule has 0 bridgehead atoms. The van der Waals surface area contributed by atoms with Gasteiger partial charge in [0, 0.05) is 17.7 Å². The molecular formula is C13H13F3N3+. The maximum Gasteiger partial charge on any atom is 0.416 e. The number of alkyl halides is 3. The molecule has 1 aliphatic heterocycles. The molecule has 3 N–H and O–H groups in total. The van der Waals surface area contributed by atoms with E-state index in [1.54, 1.807) is 12.4 Å². The Kier molecular flexibility index (Phi) is 2.82. The van der Waals surface area contributed by atoms with Crippen LogP contribution in [0, 0.1) is 0 Å². The molecule has 0 unspecified atom stereocenters. The molecule has 0 radical (unpaired) electrons. The lowest BCUT2D eigenvalue weighted by Gasteiger charge is -2.20. The fraction of sp³-hybridized carbons (Fsp3) is 0.308. The minimum Gasteiger partial charge on any atom is -0.348 e. The fourth-order valence-corrected chi connectivity index (χ4v) is 2.51. The second kappa shape index (κ2) is 4.38. The topological polar surface area (TPSA) is 45.3 Å². The summed E-state index contributed by atoms with van der Waals surface area (Å²) in [6.07, 6.45) is -1.84. The Labute approximate surface area is 107 Å². The van der Waals surface area contributed by atoms with Crippen molar-refractivity contribution in [1.82, 2.24) is 9.97 Å². The first-order valence-electron chi connectivity index (χ1n) is 6.08. The summed E-state index contributed by atoms with van der Waals surface area (Å²) in [6, 6.07) is 5.33. The van der Waals surface area contributed by atoms with E-state index >= 15 is 0 Å². The Morgan fingerprint density at radius 2 is 2.16 bits per heavy atom. The maximum atomic E-state index is 12.7. The van der Waals surface area contributed by atoms with E-state index in [-0.39, 0.29) is 6.04 Å². The number of nitrogens with one attached hydrogen (secondary N) is 1. The number of hydrogen-bond acceptors (Lipinski definition) is 1. The van der Waals surface area contributed by atoms with E-state index in [9.17, 15) is 13.2 Å². The summed E-state index contributed by atoms with van der Waals surface area (Å²) < 4.78 is 38.2. The average molecular weight is 268 g/mol. The SMILES string of the molecule is FC(F)(F)c1cccc([C@@H]2[NH2+]CCc3[nH]cnc32)c1. The average Bonchev–Trinajstić information content (AvgIpc) is 2.86. The molecule has 0 amide bonds. The number of imidazole rings is 1. The lowest BCUT2D eigenvalue weighted by Crippen LogP contribution is -2.87. The van der Waals surface area contributed by atoms with Gasteiger partial charge < -0.3 is 10.3 Å². The van der Waals surface area contributed by atoms with Gasteiger partial charge in [-0.1, -0.05) is 12.1 Å². The number of aromatic amines is 1. The number of H-pyrrole nitrogens is 1. The van der Waals surface area contributed by atoms with Crippen molar-refractivity contribution in [3.8, 4) is 0 Å². The van der Waals surface area contributed by atoms with Crippen molar-refractivity contribution in [3.05, 3.63) is 53.1 Å². The van der Waals surface area contributed by atoms with E-state index in [0.717, 1.165) is 30.4 Å². The third-order valence-electron chi connectivity index (χ3n) is 3.42. The van der Waals surface area contributed by atoms with Gasteiger partial charge in [0.05, 0.1) is 18.4 Å². The van der Waals surface area contributed by atoms with Crippen LogP contribution in [0.25, 0.3) is 0 Å². The first kappa shape index (κ1) is 12.2. The van der Waals surface area contributed by atoms with E-state index in [1.807, 2.05) is 5.32 Å². The number of hydrogen-bond donors (Lipinski definition) is 2. The minimum atomic E-state index is -4.31. The maximum absolute atomic E-state index is 12.7. The van der Waals surface area contributed by atoms with Crippen LogP contribution in [-0.4, -0.2) is 16.5 Å².